The van der Waals surface area contributed by atoms with Gasteiger partial charge in [-0.2, -0.15) is 0 Å². The minimum absolute atomic E-state index is 0.00507. The molecular weight excluding hydrogens is 380 g/mol. The first-order valence-corrected chi connectivity index (χ1v) is 10.5. The summed E-state index contributed by atoms with van der Waals surface area (Å²) < 4.78 is 0. The van der Waals surface area contributed by atoms with Crippen molar-refractivity contribution in [3.63, 3.8) is 0 Å². The molecule has 1 saturated carbocycles. The molecule has 3 aromatic heterocycles. The Labute approximate surface area is 174 Å². The van der Waals surface area contributed by atoms with E-state index < -0.39 is 6.10 Å². The quantitative estimate of drug-likeness (QED) is 0.600. The number of aliphatic hydroxyl groups is 1. The number of anilines is 1. The zero-order valence-corrected chi connectivity index (χ0v) is 17.0. The monoisotopic (exact) mass is 406 g/mol. The molecular formula is C22H26N6O2. The molecule has 5 rings (SSSR count). The van der Waals surface area contributed by atoms with Gasteiger partial charge in [0.1, 0.15) is 23.9 Å². The number of nitrogens with zero attached hydrogens (tertiary/aromatic N) is 4. The number of fused-ring (bicyclic) bond motifs is 1. The van der Waals surface area contributed by atoms with E-state index in [2.05, 4.69) is 30.2 Å². The Morgan fingerprint density at radius 3 is 3.00 bits per heavy atom. The van der Waals surface area contributed by atoms with Crippen molar-refractivity contribution in [2.24, 2.45) is 11.3 Å². The van der Waals surface area contributed by atoms with Gasteiger partial charge in [0.05, 0.1) is 11.4 Å². The van der Waals surface area contributed by atoms with Crippen molar-refractivity contribution in [3.05, 3.63) is 48.7 Å². The smallest absolute Gasteiger partial charge is 0.224 e. The topological polar surface area (TPSA) is 107 Å². The summed E-state index contributed by atoms with van der Waals surface area (Å²) in [4.78, 5) is 31.4. The third-order valence-corrected chi connectivity index (χ3v) is 6.64. The summed E-state index contributed by atoms with van der Waals surface area (Å²) in [5.74, 6) is 0.935. The van der Waals surface area contributed by atoms with Gasteiger partial charge in [-0.3, -0.25) is 9.78 Å². The second kappa shape index (κ2) is 7.36. The average molecular weight is 406 g/mol. The molecule has 0 aromatic carbocycles. The molecule has 8 nitrogen and oxygen atoms in total. The van der Waals surface area contributed by atoms with Gasteiger partial charge in [-0.25, -0.2) is 9.97 Å². The van der Waals surface area contributed by atoms with Crippen LogP contribution in [0.4, 0.5) is 5.82 Å². The second-order valence-corrected chi connectivity index (χ2v) is 8.59. The molecule has 3 atom stereocenters. The predicted octanol–water partition coefficient (Wildman–Crippen LogP) is 2.20. The molecule has 1 saturated heterocycles. The van der Waals surface area contributed by atoms with Gasteiger partial charge in [-0.15, -0.1) is 0 Å². The number of hydrogen-bond acceptors (Lipinski definition) is 6. The lowest BCUT2D eigenvalue weighted by molar-refractivity contribution is -0.129. The number of aliphatic hydroxyl groups excluding tert-OH is 1. The number of amides is 1. The van der Waals surface area contributed by atoms with E-state index in [1.165, 1.54) is 0 Å². The molecule has 8 heteroatoms. The highest BCUT2D eigenvalue weighted by molar-refractivity contribution is 5.87. The number of carbonyl (C=O) groups excluding carboxylic acids is 1. The molecule has 0 unspecified atom stereocenters. The van der Waals surface area contributed by atoms with Crippen molar-refractivity contribution in [3.8, 4) is 0 Å². The van der Waals surface area contributed by atoms with Crippen LogP contribution in [-0.2, 0) is 4.79 Å². The van der Waals surface area contributed by atoms with Crippen molar-refractivity contribution in [1.82, 2.24) is 25.3 Å². The maximum atomic E-state index is 13.1. The minimum Gasteiger partial charge on any atom is -0.386 e. The number of H-pyrrole nitrogens is 1. The highest BCUT2D eigenvalue weighted by atomic mass is 16.3. The van der Waals surface area contributed by atoms with Crippen molar-refractivity contribution in [1.29, 1.82) is 0 Å². The molecule has 4 heterocycles. The van der Waals surface area contributed by atoms with Gasteiger partial charge in [-0.1, -0.05) is 6.07 Å². The molecule has 156 valence electrons. The van der Waals surface area contributed by atoms with Gasteiger partial charge in [0.15, 0.2) is 0 Å². The van der Waals surface area contributed by atoms with Gasteiger partial charge in [0.25, 0.3) is 0 Å². The van der Waals surface area contributed by atoms with Crippen LogP contribution in [-0.4, -0.2) is 50.1 Å². The number of piperidine rings is 1. The molecule has 2 aliphatic rings. The minimum atomic E-state index is -0.777. The molecule has 30 heavy (non-hydrogen) atoms. The highest BCUT2D eigenvalue weighted by Crippen LogP contribution is 2.56. The number of nitrogens with one attached hydrogen (secondary N) is 2. The van der Waals surface area contributed by atoms with Crippen LogP contribution in [0.2, 0.25) is 0 Å². The molecule has 1 aliphatic heterocycles. The molecule has 0 radical (unpaired) electrons. The summed E-state index contributed by atoms with van der Waals surface area (Å²) >= 11 is 0. The Morgan fingerprint density at radius 2 is 2.23 bits per heavy atom. The van der Waals surface area contributed by atoms with Gasteiger partial charge < -0.3 is 20.3 Å². The normalized spacial score (nSPS) is 22.1. The van der Waals surface area contributed by atoms with Gasteiger partial charge in [-0.05, 0) is 43.7 Å². The Bertz CT molecular complexity index is 1050. The van der Waals surface area contributed by atoms with Gasteiger partial charge in [0.2, 0.25) is 5.91 Å². The van der Waals surface area contributed by atoms with E-state index in [0.717, 1.165) is 49.2 Å². The van der Waals surface area contributed by atoms with Crippen molar-refractivity contribution < 1.29 is 9.90 Å². The maximum Gasteiger partial charge on any atom is 0.224 e. The van der Waals surface area contributed by atoms with Crippen LogP contribution in [0.1, 0.15) is 37.9 Å². The van der Waals surface area contributed by atoms with Crippen LogP contribution < -0.4 is 10.2 Å². The zero-order chi connectivity index (χ0) is 20.7. The zero-order valence-electron chi connectivity index (χ0n) is 17.0. The van der Waals surface area contributed by atoms with Crippen molar-refractivity contribution in [2.75, 3.05) is 18.0 Å². The summed E-state index contributed by atoms with van der Waals surface area (Å²) in [7, 11) is 0. The van der Waals surface area contributed by atoms with E-state index in [-0.39, 0.29) is 23.3 Å². The van der Waals surface area contributed by atoms with E-state index in [0.29, 0.717) is 5.56 Å². The molecule has 3 aromatic rings. The van der Waals surface area contributed by atoms with E-state index in [9.17, 15) is 9.90 Å². The van der Waals surface area contributed by atoms with E-state index >= 15 is 0 Å². The van der Waals surface area contributed by atoms with Crippen LogP contribution in [0.3, 0.4) is 0 Å². The Hall–Kier alpha value is -3.00. The predicted molar refractivity (Wildman–Crippen MR) is 113 cm³/mol. The van der Waals surface area contributed by atoms with Crippen LogP contribution in [0.15, 0.2) is 43.1 Å². The van der Waals surface area contributed by atoms with Crippen LogP contribution >= 0.6 is 0 Å². The maximum absolute atomic E-state index is 13.1. The third-order valence-electron chi connectivity index (χ3n) is 6.64. The van der Waals surface area contributed by atoms with E-state index in [1.807, 2.05) is 25.3 Å². The molecule has 2 fully saturated rings. The Balaban J connectivity index is 1.28. The van der Waals surface area contributed by atoms with Crippen molar-refractivity contribution in [2.45, 2.75) is 38.3 Å². The Kier molecular flexibility index (Phi) is 4.66. The largest absolute Gasteiger partial charge is 0.386 e. The van der Waals surface area contributed by atoms with Crippen molar-refractivity contribution >= 4 is 22.8 Å². The van der Waals surface area contributed by atoms with Gasteiger partial charge in [0, 0.05) is 43.2 Å². The molecule has 1 aliphatic carbocycles. The SMILES string of the molecule is C[C@H](NC(=O)[C@H]1CCN(c2ncnc3[nH]ccc23)CC12CC2)[C@@H](O)c1cccnc1. The fourth-order valence-corrected chi connectivity index (χ4v) is 4.77. The lowest BCUT2D eigenvalue weighted by atomic mass is 9.81. The molecule has 1 spiro atoms. The lowest BCUT2D eigenvalue weighted by Crippen LogP contribution is -2.50. The number of hydrogen-bond donors (Lipinski definition) is 3. The third kappa shape index (κ3) is 3.31. The number of carbonyl (C=O) groups is 1. The van der Waals surface area contributed by atoms with E-state index in [1.54, 1.807) is 24.8 Å². The van der Waals surface area contributed by atoms with Gasteiger partial charge >= 0.3 is 0 Å². The fourth-order valence-electron chi connectivity index (χ4n) is 4.77. The first-order chi connectivity index (χ1) is 14.6. The summed E-state index contributed by atoms with van der Waals surface area (Å²) in [5, 5.41) is 14.6. The lowest BCUT2D eigenvalue weighted by Gasteiger charge is -2.39. The standard InChI is InChI=1S/C22H26N6O2/c1-14(18(29)15-3-2-8-23-11-15)27-21(30)17-5-10-28(12-22(17)6-7-22)20-16-4-9-24-19(16)25-13-26-20/h2-4,8-9,11,13-14,17-18,29H,5-7,10,12H2,1H3,(H,27,30)(H,24,25,26)/t14-,17+,18+/m0/s1. The average Bonchev–Trinajstić information content (AvgIpc) is 3.34. The van der Waals surface area contributed by atoms with Crippen LogP contribution in [0.25, 0.3) is 11.0 Å². The molecule has 3 N–H and O–H groups in total. The second-order valence-electron chi connectivity index (χ2n) is 8.59. The fraction of sp³-hybridized carbons (Fsp3) is 0.455. The molecule has 1 amide bonds. The van der Waals surface area contributed by atoms with Crippen LogP contribution in [0, 0.1) is 11.3 Å². The number of aromatic nitrogens is 4. The number of pyridine rings is 1. The first kappa shape index (κ1) is 19.0. The summed E-state index contributed by atoms with van der Waals surface area (Å²) in [6.45, 7) is 3.44. The summed E-state index contributed by atoms with van der Waals surface area (Å²) in [5.41, 5.74) is 1.54. The number of rotatable bonds is 5. The Morgan fingerprint density at radius 1 is 1.37 bits per heavy atom. The number of aromatic amines is 1. The highest BCUT2D eigenvalue weighted by Gasteiger charge is 2.55. The van der Waals surface area contributed by atoms with E-state index in [4.69, 9.17) is 0 Å². The summed E-state index contributed by atoms with van der Waals surface area (Å²) in [6.07, 6.45) is 8.86. The van der Waals surface area contributed by atoms with Crippen LogP contribution in [0.5, 0.6) is 0 Å². The first-order valence-electron chi connectivity index (χ1n) is 10.5. The summed E-state index contributed by atoms with van der Waals surface area (Å²) in [6, 6.07) is 5.24. The molecule has 0 bridgehead atoms.